The molecule has 6 heteroatoms. The second-order valence-corrected chi connectivity index (χ2v) is 4.17. The fraction of sp³-hybridized carbons (Fsp3) is 0.214. The molecule has 2 rings (SSSR count). The summed E-state index contributed by atoms with van der Waals surface area (Å²) in [6.45, 7) is 3.90. The molecule has 1 aromatic heterocycles. The normalized spacial score (nSPS) is 10.3. The third-order valence-corrected chi connectivity index (χ3v) is 2.90. The number of nitrogens with zero attached hydrogens (tertiary/aromatic N) is 3. The van der Waals surface area contributed by atoms with Crippen molar-refractivity contribution in [1.82, 2.24) is 9.97 Å². The number of aromatic carboxylic acids is 1. The fourth-order valence-electron chi connectivity index (χ4n) is 1.88. The Bertz CT molecular complexity index is 646. The third-order valence-electron chi connectivity index (χ3n) is 2.90. The van der Waals surface area contributed by atoms with Gasteiger partial charge in [-0.25, -0.2) is 19.2 Å². The Balaban J connectivity index is 2.46. The van der Waals surface area contributed by atoms with Gasteiger partial charge in [-0.1, -0.05) is 12.1 Å². The van der Waals surface area contributed by atoms with Gasteiger partial charge in [-0.15, -0.1) is 0 Å². The molecule has 0 aliphatic rings. The number of carboxylic acid groups (broad SMARTS) is 1. The second kappa shape index (κ2) is 5.64. The highest BCUT2D eigenvalue weighted by Crippen LogP contribution is 2.25. The van der Waals surface area contributed by atoms with Crippen molar-refractivity contribution in [1.29, 1.82) is 0 Å². The maximum atomic E-state index is 13.8. The van der Waals surface area contributed by atoms with Gasteiger partial charge in [0.05, 0.1) is 16.9 Å². The molecule has 0 unspecified atom stereocenters. The van der Waals surface area contributed by atoms with Gasteiger partial charge < -0.3 is 10.0 Å². The Hall–Kier alpha value is -2.50. The van der Waals surface area contributed by atoms with Gasteiger partial charge in [0.15, 0.2) is 0 Å². The number of halogens is 1. The number of hydrogen-bond donors (Lipinski definition) is 1. The molecule has 0 fully saturated rings. The zero-order valence-electron chi connectivity index (χ0n) is 11.2. The Morgan fingerprint density at radius 3 is 2.65 bits per heavy atom. The third kappa shape index (κ3) is 2.59. The molecule has 0 radical (unpaired) electrons. The van der Waals surface area contributed by atoms with Crippen LogP contribution in [0.25, 0.3) is 0 Å². The molecule has 0 aliphatic heterocycles. The summed E-state index contributed by atoms with van der Waals surface area (Å²) in [5, 5.41) is 8.96. The highest BCUT2D eigenvalue weighted by Gasteiger charge is 2.16. The summed E-state index contributed by atoms with van der Waals surface area (Å²) in [5.74, 6) is -1.18. The lowest BCUT2D eigenvalue weighted by atomic mass is 10.2. The summed E-state index contributed by atoms with van der Waals surface area (Å²) in [6, 6.07) is 6.31. The molecule has 5 nitrogen and oxygen atoms in total. The van der Waals surface area contributed by atoms with E-state index in [1.807, 2.05) is 6.92 Å². The minimum Gasteiger partial charge on any atom is -0.478 e. The Kier molecular flexibility index (Phi) is 3.93. The van der Waals surface area contributed by atoms with Crippen LogP contribution in [0.5, 0.6) is 0 Å². The molecule has 0 saturated heterocycles. The van der Waals surface area contributed by atoms with E-state index >= 15 is 0 Å². The van der Waals surface area contributed by atoms with Crippen molar-refractivity contribution in [2.75, 3.05) is 11.4 Å². The molecule has 0 saturated carbocycles. The number of carboxylic acids is 1. The summed E-state index contributed by atoms with van der Waals surface area (Å²) >= 11 is 0. The standard InChI is InChI=1S/C14H14FN3O2/c1-3-18(12-7-5-4-6-11(12)15)14-16-8-10(13(19)20)9(2)17-14/h4-8H,3H2,1-2H3,(H,19,20). The minimum absolute atomic E-state index is 0.0401. The predicted octanol–water partition coefficient (Wildman–Crippen LogP) is 2.78. The maximum Gasteiger partial charge on any atom is 0.339 e. The van der Waals surface area contributed by atoms with E-state index in [1.165, 1.54) is 12.3 Å². The van der Waals surface area contributed by atoms with Gasteiger partial charge in [-0.2, -0.15) is 0 Å². The first-order valence-electron chi connectivity index (χ1n) is 6.13. The summed E-state index contributed by atoms with van der Waals surface area (Å²) in [6.07, 6.45) is 1.24. The van der Waals surface area contributed by atoms with Crippen LogP contribution in [0.15, 0.2) is 30.5 Å². The van der Waals surface area contributed by atoms with Gasteiger partial charge in [0.1, 0.15) is 5.82 Å². The second-order valence-electron chi connectivity index (χ2n) is 4.17. The van der Waals surface area contributed by atoms with Crippen LogP contribution in [-0.2, 0) is 0 Å². The number of aryl methyl sites for hydroxylation is 1. The van der Waals surface area contributed by atoms with Crippen LogP contribution in [-0.4, -0.2) is 27.6 Å². The van der Waals surface area contributed by atoms with Crippen molar-refractivity contribution in [3.63, 3.8) is 0 Å². The summed E-state index contributed by atoms with van der Waals surface area (Å²) in [5.41, 5.74) is 0.744. The topological polar surface area (TPSA) is 66.3 Å². The number of anilines is 2. The number of benzene rings is 1. The molecule has 0 bridgehead atoms. The van der Waals surface area contributed by atoms with Gasteiger partial charge in [0.2, 0.25) is 5.95 Å². The van der Waals surface area contributed by atoms with Crippen LogP contribution >= 0.6 is 0 Å². The minimum atomic E-state index is -1.08. The van der Waals surface area contributed by atoms with E-state index < -0.39 is 5.97 Å². The lowest BCUT2D eigenvalue weighted by Gasteiger charge is -2.21. The lowest BCUT2D eigenvalue weighted by Crippen LogP contribution is -2.21. The molecule has 20 heavy (non-hydrogen) atoms. The van der Waals surface area contributed by atoms with E-state index in [2.05, 4.69) is 9.97 Å². The van der Waals surface area contributed by atoms with Crippen LogP contribution in [0.1, 0.15) is 23.0 Å². The van der Waals surface area contributed by atoms with Crippen LogP contribution < -0.4 is 4.90 Å². The first kappa shape index (κ1) is 13.9. The number of rotatable bonds is 4. The molecule has 0 spiro atoms. The van der Waals surface area contributed by atoms with Crippen molar-refractivity contribution in [3.05, 3.63) is 47.5 Å². The number of hydrogen-bond acceptors (Lipinski definition) is 4. The average Bonchev–Trinajstić information content (AvgIpc) is 2.41. The Labute approximate surface area is 115 Å². The van der Waals surface area contributed by atoms with Gasteiger partial charge in [-0.05, 0) is 26.0 Å². The van der Waals surface area contributed by atoms with Crippen molar-refractivity contribution < 1.29 is 14.3 Å². The molecule has 1 aromatic carbocycles. The molecule has 1 heterocycles. The average molecular weight is 275 g/mol. The molecule has 0 amide bonds. The van der Waals surface area contributed by atoms with Crippen molar-refractivity contribution in [2.24, 2.45) is 0 Å². The smallest absolute Gasteiger partial charge is 0.339 e. The zero-order valence-corrected chi connectivity index (χ0v) is 11.2. The fourth-order valence-corrected chi connectivity index (χ4v) is 1.88. The molecule has 104 valence electrons. The molecule has 1 N–H and O–H groups in total. The SMILES string of the molecule is CCN(c1ncc(C(=O)O)c(C)n1)c1ccccc1F. The molecular weight excluding hydrogens is 261 g/mol. The number of para-hydroxylation sites is 1. The summed E-state index contributed by atoms with van der Waals surface area (Å²) in [4.78, 5) is 20.7. The van der Waals surface area contributed by atoms with Gasteiger partial charge in [-0.3, -0.25) is 0 Å². The lowest BCUT2D eigenvalue weighted by molar-refractivity contribution is 0.0695. The van der Waals surface area contributed by atoms with E-state index in [-0.39, 0.29) is 17.3 Å². The Morgan fingerprint density at radius 1 is 1.40 bits per heavy atom. The van der Waals surface area contributed by atoms with Gasteiger partial charge in [0, 0.05) is 12.7 Å². The molecule has 0 atom stereocenters. The first-order chi connectivity index (χ1) is 9.54. The molecule has 2 aromatic rings. The molecular formula is C14H14FN3O2. The van der Waals surface area contributed by atoms with E-state index in [0.29, 0.717) is 17.9 Å². The number of aromatic nitrogens is 2. The quantitative estimate of drug-likeness (QED) is 0.929. The summed E-state index contributed by atoms with van der Waals surface area (Å²) in [7, 11) is 0. The van der Waals surface area contributed by atoms with Crippen LogP contribution in [0.4, 0.5) is 16.0 Å². The van der Waals surface area contributed by atoms with Crippen molar-refractivity contribution in [3.8, 4) is 0 Å². The predicted molar refractivity (Wildman–Crippen MR) is 72.8 cm³/mol. The highest BCUT2D eigenvalue weighted by molar-refractivity contribution is 5.88. The van der Waals surface area contributed by atoms with E-state index in [1.54, 1.807) is 30.0 Å². The van der Waals surface area contributed by atoms with Crippen LogP contribution in [0.2, 0.25) is 0 Å². The maximum absolute atomic E-state index is 13.8. The van der Waals surface area contributed by atoms with Crippen LogP contribution in [0.3, 0.4) is 0 Å². The monoisotopic (exact) mass is 275 g/mol. The van der Waals surface area contributed by atoms with Crippen molar-refractivity contribution >= 4 is 17.6 Å². The zero-order chi connectivity index (χ0) is 14.7. The van der Waals surface area contributed by atoms with Gasteiger partial charge >= 0.3 is 5.97 Å². The first-order valence-corrected chi connectivity index (χ1v) is 6.13. The Morgan fingerprint density at radius 2 is 2.10 bits per heavy atom. The van der Waals surface area contributed by atoms with Crippen molar-refractivity contribution in [2.45, 2.75) is 13.8 Å². The number of carbonyl (C=O) groups is 1. The van der Waals surface area contributed by atoms with E-state index in [4.69, 9.17) is 5.11 Å². The molecule has 0 aliphatic carbocycles. The summed E-state index contributed by atoms with van der Waals surface area (Å²) < 4.78 is 13.8. The van der Waals surface area contributed by atoms with E-state index in [0.717, 1.165) is 0 Å². The van der Waals surface area contributed by atoms with Crippen LogP contribution in [0, 0.1) is 12.7 Å². The van der Waals surface area contributed by atoms with Gasteiger partial charge in [0.25, 0.3) is 0 Å². The highest BCUT2D eigenvalue weighted by atomic mass is 19.1. The van der Waals surface area contributed by atoms with E-state index in [9.17, 15) is 9.18 Å². The largest absolute Gasteiger partial charge is 0.478 e.